The van der Waals surface area contributed by atoms with Gasteiger partial charge in [-0.2, -0.15) is 0 Å². The molecular weight excluding hydrogens is 218 g/mol. The molecule has 0 unspecified atom stereocenters. The molecule has 5 rings (SSSR count). The largest absolute Gasteiger partial charge is 0.256 e. The van der Waals surface area contributed by atoms with E-state index in [1.54, 1.807) is 0 Å². The van der Waals surface area contributed by atoms with E-state index in [9.17, 15) is 0 Å². The van der Waals surface area contributed by atoms with Crippen LogP contribution in [0, 0.1) is 0 Å². The molecule has 82 valence electrons. The molecule has 1 nitrogen and oxygen atoms in total. The van der Waals surface area contributed by atoms with Crippen LogP contribution in [0.4, 0.5) is 0 Å². The Morgan fingerprint density at radius 3 is 1.94 bits per heavy atom. The highest BCUT2D eigenvalue weighted by Crippen LogP contribution is 2.42. The summed E-state index contributed by atoms with van der Waals surface area (Å²) in [4.78, 5) is 4.46. The highest BCUT2D eigenvalue weighted by molar-refractivity contribution is 6.34. The summed E-state index contributed by atoms with van der Waals surface area (Å²) in [5.41, 5.74) is 1.15. The molecule has 1 aromatic heterocycles. The van der Waals surface area contributed by atoms with Crippen molar-refractivity contribution in [2.75, 3.05) is 0 Å². The Kier molecular flexibility index (Phi) is 1.30. The fourth-order valence-corrected chi connectivity index (χ4v) is 3.13. The third-order valence-electron chi connectivity index (χ3n) is 4.02. The average molecular weight is 227 g/mol. The third-order valence-corrected chi connectivity index (χ3v) is 4.02. The first-order valence-electron chi connectivity index (χ1n) is 6.17. The Hall–Kier alpha value is -2.41. The zero-order valence-electron chi connectivity index (χ0n) is 9.64. The van der Waals surface area contributed by atoms with Gasteiger partial charge in [0.25, 0.3) is 0 Å². The number of hydrogen-bond donors (Lipinski definition) is 0. The molecule has 0 aliphatic rings. The van der Waals surface area contributed by atoms with E-state index in [1.807, 2.05) is 12.3 Å². The summed E-state index contributed by atoms with van der Waals surface area (Å²) in [5, 5.41) is 9.47. The minimum absolute atomic E-state index is 1.15. The zero-order valence-corrected chi connectivity index (χ0v) is 9.64. The molecule has 5 aromatic rings. The maximum absolute atomic E-state index is 4.46. The van der Waals surface area contributed by atoms with Gasteiger partial charge in [-0.15, -0.1) is 0 Å². The number of hydrogen-bond acceptors (Lipinski definition) is 1. The molecule has 0 radical (unpaired) electrons. The van der Waals surface area contributed by atoms with Crippen molar-refractivity contribution in [3.63, 3.8) is 0 Å². The van der Waals surface area contributed by atoms with E-state index < -0.39 is 0 Å². The second-order valence-electron chi connectivity index (χ2n) is 4.89. The van der Waals surface area contributed by atoms with Gasteiger partial charge in [0.1, 0.15) is 0 Å². The summed E-state index contributed by atoms with van der Waals surface area (Å²) >= 11 is 0. The third kappa shape index (κ3) is 0.809. The Morgan fingerprint density at radius 2 is 1.17 bits per heavy atom. The number of aromatic nitrogens is 1. The monoisotopic (exact) mass is 227 g/mol. The van der Waals surface area contributed by atoms with Crippen LogP contribution in [0.5, 0.6) is 0 Å². The lowest BCUT2D eigenvalue weighted by Gasteiger charge is -2.16. The van der Waals surface area contributed by atoms with Gasteiger partial charge < -0.3 is 0 Å². The molecule has 1 heteroatoms. The fraction of sp³-hybridized carbons (Fsp3) is 0. The predicted octanol–water partition coefficient (Wildman–Crippen LogP) is 4.57. The van der Waals surface area contributed by atoms with Gasteiger partial charge in [0.05, 0.1) is 5.52 Å². The summed E-state index contributed by atoms with van der Waals surface area (Å²) in [6.45, 7) is 0. The van der Waals surface area contributed by atoms with Crippen LogP contribution in [-0.2, 0) is 0 Å². The van der Waals surface area contributed by atoms with Crippen LogP contribution < -0.4 is 0 Å². The summed E-state index contributed by atoms with van der Waals surface area (Å²) in [6.07, 6.45) is 1.87. The van der Waals surface area contributed by atoms with E-state index >= 15 is 0 Å². The van der Waals surface area contributed by atoms with E-state index in [0.29, 0.717) is 0 Å². The van der Waals surface area contributed by atoms with Crippen LogP contribution in [-0.4, -0.2) is 4.98 Å². The van der Waals surface area contributed by atoms with Crippen LogP contribution in [0.1, 0.15) is 0 Å². The van der Waals surface area contributed by atoms with Crippen LogP contribution in [0.15, 0.2) is 54.7 Å². The van der Waals surface area contributed by atoms with Crippen LogP contribution >= 0.6 is 0 Å². The molecule has 18 heavy (non-hydrogen) atoms. The quantitative estimate of drug-likeness (QED) is 0.377. The van der Waals surface area contributed by atoms with Gasteiger partial charge in [0.15, 0.2) is 0 Å². The molecule has 0 N–H and O–H groups in total. The van der Waals surface area contributed by atoms with Gasteiger partial charge in [-0.05, 0) is 45.1 Å². The Bertz CT molecular complexity index is 851. The van der Waals surface area contributed by atoms with Crippen molar-refractivity contribution in [2.24, 2.45) is 0 Å². The molecule has 0 atom stereocenters. The Morgan fingerprint density at radius 1 is 0.556 bits per heavy atom. The van der Waals surface area contributed by atoms with Crippen molar-refractivity contribution < 1.29 is 0 Å². The normalized spacial score (nSPS) is 12.4. The molecule has 0 aliphatic heterocycles. The zero-order chi connectivity index (χ0) is 11.7. The summed E-state index contributed by atoms with van der Waals surface area (Å²) in [6, 6.07) is 17.4. The SMILES string of the molecule is c1ccc2c(c1)c1cc3c4cccnc4c3cc21. The van der Waals surface area contributed by atoms with Gasteiger partial charge in [0.2, 0.25) is 0 Å². The first-order valence-corrected chi connectivity index (χ1v) is 6.17. The van der Waals surface area contributed by atoms with Gasteiger partial charge in [-0.1, -0.05) is 30.3 Å². The van der Waals surface area contributed by atoms with E-state index in [4.69, 9.17) is 0 Å². The van der Waals surface area contributed by atoms with Crippen LogP contribution in [0.25, 0.3) is 43.2 Å². The molecule has 0 saturated heterocycles. The molecule has 0 fully saturated rings. The summed E-state index contributed by atoms with van der Waals surface area (Å²) < 4.78 is 0. The van der Waals surface area contributed by atoms with Gasteiger partial charge in [0, 0.05) is 17.0 Å². The maximum Gasteiger partial charge on any atom is 0.0786 e. The molecule has 0 spiro atoms. The van der Waals surface area contributed by atoms with Crippen molar-refractivity contribution in [1.29, 1.82) is 0 Å². The van der Waals surface area contributed by atoms with E-state index in [-0.39, 0.29) is 0 Å². The average Bonchev–Trinajstić information content (AvgIpc) is 2.41. The van der Waals surface area contributed by atoms with Gasteiger partial charge in [-0.3, -0.25) is 4.98 Å². The van der Waals surface area contributed by atoms with E-state index in [1.165, 1.54) is 37.7 Å². The Labute approximate surface area is 103 Å². The van der Waals surface area contributed by atoms with Crippen molar-refractivity contribution in [1.82, 2.24) is 4.98 Å². The lowest BCUT2D eigenvalue weighted by atomic mass is 9.88. The lowest BCUT2D eigenvalue weighted by molar-refractivity contribution is 1.43. The molecule has 4 aromatic carbocycles. The molecule has 0 aliphatic carbocycles. The summed E-state index contributed by atoms with van der Waals surface area (Å²) in [7, 11) is 0. The molecule has 0 saturated carbocycles. The standard InChI is InChI=1S/C17H9N/c1-2-5-11-10(4-1)13-8-15-12-6-3-7-18-17(12)16(15)9-14(11)13/h1-9H. The highest BCUT2D eigenvalue weighted by Gasteiger charge is 2.15. The molecule has 0 bridgehead atoms. The first kappa shape index (κ1) is 8.65. The second-order valence-corrected chi connectivity index (χ2v) is 4.89. The fourth-order valence-electron chi connectivity index (χ4n) is 3.13. The first-order chi connectivity index (χ1) is 8.93. The number of benzene rings is 2. The number of nitrogens with zero attached hydrogens (tertiary/aromatic N) is 1. The molecular formula is C17H9N. The smallest absolute Gasteiger partial charge is 0.0786 e. The highest BCUT2D eigenvalue weighted by atomic mass is 14.7. The number of fused-ring (bicyclic) bond motifs is 8. The second kappa shape index (κ2) is 2.70. The summed E-state index contributed by atoms with van der Waals surface area (Å²) in [5.74, 6) is 0. The maximum atomic E-state index is 4.46. The van der Waals surface area contributed by atoms with Gasteiger partial charge in [-0.25, -0.2) is 0 Å². The molecule has 1 heterocycles. The van der Waals surface area contributed by atoms with Crippen LogP contribution in [0.3, 0.4) is 0 Å². The molecule has 0 amide bonds. The predicted molar refractivity (Wildman–Crippen MR) is 76.6 cm³/mol. The van der Waals surface area contributed by atoms with E-state index in [0.717, 1.165) is 5.52 Å². The van der Waals surface area contributed by atoms with Crippen molar-refractivity contribution in [3.05, 3.63) is 54.7 Å². The number of rotatable bonds is 0. The van der Waals surface area contributed by atoms with Gasteiger partial charge >= 0.3 is 0 Å². The Balaban J connectivity index is 2.03. The number of pyridine rings is 1. The van der Waals surface area contributed by atoms with Crippen molar-refractivity contribution in [2.45, 2.75) is 0 Å². The van der Waals surface area contributed by atoms with Crippen molar-refractivity contribution in [3.8, 4) is 0 Å². The minimum Gasteiger partial charge on any atom is -0.256 e. The topological polar surface area (TPSA) is 12.9 Å². The van der Waals surface area contributed by atoms with Crippen molar-refractivity contribution >= 4 is 43.2 Å². The minimum atomic E-state index is 1.15. The van der Waals surface area contributed by atoms with E-state index in [2.05, 4.69) is 47.4 Å². The lowest BCUT2D eigenvalue weighted by Crippen LogP contribution is -1.91. The van der Waals surface area contributed by atoms with Crippen LogP contribution in [0.2, 0.25) is 0 Å².